The molecule has 0 fully saturated rings. The Bertz CT molecular complexity index is 1050. The van der Waals surface area contributed by atoms with Crippen molar-refractivity contribution >= 4 is 6.09 Å². The van der Waals surface area contributed by atoms with Crippen molar-refractivity contribution in [3.8, 4) is 16.9 Å². The highest BCUT2D eigenvalue weighted by Gasteiger charge is 2.33. The summed E-state index contributed by atoms with van der Waals surface area (Å²) in [5, 5.41) is 15.0. The average molecular weight is 411 g/mol. The number of hydrogen-bond acceptors (Lipinski definition) is 2. The summed E-state index contributed by atoms with van der Waals surface area (Å²) in [6.07, 6.45) is -4.84. The van der Waals surface area contributed by atoms with Gasteiger partial charge in [0.2, 0.25) is 0 Å². The van der Waals surface area contributed by atoms with Crippen LogP contribution in [0.4, 0.5) is 26.7 Å². The molecule has 1 amide bonds. The van der Waals surface area contributed by atoms with Gasteiger partial charge in [-0.05, 0) is 42.3 Å². The van der Waals surface area contributed by atoms with Crippen molar-refractivity contribution in [1.82, 2.24) is 15.1 Å². The summed E-state index contributed by atoms with van der Waals surface area (Å²) in [5.41, 5.74) is 0.180. The van der Waals surface area contributed by atoms with Crippen molar-refractivity contribution in [3.05, 3.63) is 70.9 Å². The molecule has 1 aromatic heterocycles. The van der Waals surface area contributed by atoms with Gasteiger partial charge in [-0.2, -0.15) is 18.3 Å². The van der Waals surface area contributed by atoms with E-state index in [0.717, 1.165) is 10.2 Å². The maximum atomic E-state index is 14.2. The molecule has 3 rings (SSSR count). The van der Waals surface area contributed by atoms with Crippen molar-refractivity contribution in [2.75, 3.05) is 0 Å². The molecule has 3 aromatic rings. The molecule has 152 valence electrons. The molecule has 0 radical (unpaired) electrons. The van der Waals surface area contributed by atoms with Crippen LogP contribution in [0.15, 0.2) is 42.6 Å². The standard InChI is InChI=1S/C19H14F5N3O2/c1-10-2-3-11(6-12(10)9-25-18(28)29)16-4-5-27(26-16)17-14(20)7-13(8-15(17)21)19(22,23)24/h2-8,25H,9H2,1H3,(H,28,29). The van der Waals surface area contributed by atoms with Crippen LogP contribution < -0.4 is 5.32 Å². The van der Waals surface area contributed by atoms with Crippen LogP contribution in [0.2, 0.25) is 0 Å². The van der Waals surface area contributed by atoms with E-state index in [-0.39, 0.29) is 18.7 Å². The number of alkyl halides is 3. The van der Waals surface area contributed by atoms with Gasteiger partial charge in [0.05, 0.1) is 11.3 Å². The molecule has 0 saturated heterocycles. The van der Waals surface area contributed by atoms with Crippen LogP contribution in [-0.4, -0.2) is 21.0 Å². The third-order valence-corrected chi connectivity index (χ3v) is 4.24. The third-order valence-electron chi connectivity index (χ3n) is 4.24. The Morgan fingerprint density at radius 3 is 2.38 bits per heavy atom. The minimum Gasteiger partial charge on any atom is -0.465 e. The molecule has 0 spiro atoms. The van der Waals surface area contributed by atoms with Crippen molar-refractivity contribution in [2.24, 2.45) is 0 Å². The molecular formula is C19H14F5N3O2. The first-order valence-corrected chi connectivity index (χ1v) is 8.25. The second-order valence-electron chi connectivity index (χ2n) is 6.23. The van der Waals surface area contributed by atoms with E-state index >= 15 is 0 Å². The van der Waals surface area contributed by atoms with Gasteiger partial charge in [0.25, 0.3) is 0 Å². The van der Waals surface area contributed by atoms with Gasteiger partial charge < -0.3 is 10.4 Å². The second-order valence-corrected chi connectivity index (χ2v) is 6.23. The van der Waals surface area contributed by atoms with E-state index in [1.165, 1.54) is 12.3 Å². The number of hydrogen-bond donors (Lipinski definition) is 2. The van der Waals surface area contributed by atoms with Gasteiger partial charge in [-0.15, -0.1) is 0 Å². The summed E-state index contributed by atoms with van der Waals surface area (Å²) in [6.45, 7) is 1.84. The number of rotatable bonds is 4. The van der Waals surface area contributed by atoms with E-state index in [4.69, 9.17) is 5.11 Å². The molecule has 0 saturated carbocycles. The van der Waals surface area contributed by atoms with Gasteiger partial charge >= 0.3 is 12.3 Å². The lowest BCUT2D eigenvalue weighted by atomic mass is 10.0. The molecule has 29 heavy (non-hydrogen) atoms. The van der Waals surface area contributed by atoms with Crippen LogP contribution in [-0.2, 0) is 12.7 Å². The van der Waals surface area contributed by atoms with Crippen LogP contribution >= 0.6 is 0 Å². The Hall–Kier alpha value is -3.43. The van der Waals surface area contributed by atoms with Crippen LogP contribution in [0.5, 0.6) is 0 Å². The van der Waals surface area contributed by atoms with Gasteiger partial charge in [0, 0.05) is 18.3 Å². The van der Waals surface area contributed by atoms with E-state index in [0.29, 0.717) is 16.8 Å². The van der Waals surface area contributed by atoms with E-state index in [2.05, 4.69) is 10.4 Å². The number of carbonyl (C=O) groups is 1. The molecule has 2 N–H and O–H groups in total. The first-order valence-electron chi connectivity index (χ1n) is 8.25. The molecule has 0 aliphatic carbocycles. The van der Waals surface area contributed by atoms with Crippen molar-refractivity contribution in [3.63, 3.8) is 0 Å². The summed E-state index contributed by atoms with van der Waals surface area (Å²) in [6, 6.07) is 6.94. The number of halogens is 5. The van der Waals surface area contributed by atoms with E-state index < -0.39 is 35.2 Å². The fraction of sp³-hybridized carbons (Fsp3) is 0.158. The predicted octanol–water partition coefficient (Wildman–Crippen LogP) is 4.91. The van der Waals surface area contributed by atoms with Gasteiger partial charge in [-0.1, -0.05) is 12.1 Å². The summed E-state index contributed by atoms with van der Waals surface area (Å²) >= 11 is 0. The number of aryl methyl sites for hydroxylation is 1. The van der Waals surface area contributed by atoms with Crippen LogP contribution in [0.25, 0.3) is 16.9 Å². The minimum absolute atomic E-state index is 0.0534. The van der Waals surface area contributed by atoms with E-state index in [1.807, 2.05) is 0 Å². The molecule has 0 unspecified atom stereocenters. The number of nitrogens with one attached hydrogen (secondary N) is 1. The maximum absolute atomic E-state index is 14.2. The Morgan fingerprint density at radius 1 is 1.14 bits per heavy atom. The number of benzene rings is 2. The minimum atomic E-state index is -4.88. The normalized spacial score (nSPS) is 11.5. The molecule has 5 nitrogen and oxygen atoms in total. The van der Waals surface area contributed by atoms with E-state index in [9.17, 15) is 26.7 Å². The maximum Gasteiger partial charge on any atom is 0.416 e. The third kappa shape index (κ3) is 4.36. The van der Waals surface area contributed by atoms with Gasteiger partial charge in [-0.25, -0.2) is 18.3 Å². The van der Waals surface area contributed by atoms with Crippen LogP contribution in [0.1, 0.15) is 16.7 Å². The highest BCUT2D eigenvalue weighted by atomic mass is 19.4. The van der Waals surface area contributed by atoms with Gasteiger partial charge in [0.15, 0.2) is 11.6 Å². The predicted molar refractivity (Wildman–Crippen MR) is 93.5 cm³/mol. The highest BCUT2D eigenvalue weighted by Crippen LogP contribution is 2.32. The Kier molecular flexibility index (Phi) is 5.27. The van der Waals surface area contributed by atoms with Crippen LogP contribution in [0.3, 0.4) is 0 Å². The number of carboxylic acid groups (broad SMARTS) is 1. The number of nitrogens with zero attached hydrogens (tertiary/aromatic N) is 2. The van der Waals surface area contributed by atoms with Crippen molar-refractivity contribution < 1.29 is 31.9 Å². The highest BCUT2D eigenvalue weighted by molar-refractivity contribution is 5.65. The largest absolute Gasteiger partial charge is 0.465 e. The zero-order chi connectivity index (χ0) is 21.3. The van der Waals surface area contributed by atoms with E-state index in [1.54, 1.807) is 25.1 Å². The first kappa shape index (κ1) is 20.3. The SMILES string of the molecule is Cc1ccc(-c2ccn(-c3c(F)cc(C(F)(F)F)cc3F)n2)cc1CNC(=O)O. The number of aromatic nitrogens is 2. The lowest BCUT2D eigenvalue weighted by molar-refractivity contribution is -0.138. The zero-order valence-corrected chi connectivity index (χ0v) is 14.9. The summed E-state index contributed by atoms with van der Waals surface area (Å²) < 4.78 is 67.2. The molecular weight excluding hydrogens is 397 g/mol. The summed E-state index contributed by atoms with van der Waals surface area (Å²) in [7, 11) is 0. The average Bonchev–Trinajstić information content (AvgIpc) is 3.09. The molecule has 0 bridgehead atoms. The first-order chi connectivity index (χ1) is 13.6. The molecule has 0 aliphatic heterocycles. The number of amides is 1. The fourth-order valence-corrected chi connectivity index (χ4v) is 2.74. The zero-order valence-electron chi connectivity index (χ0n) is 14.9. The lowest BCUT2D eigenvalue weighted by Crippen LogP contribution is -2.20. The Morgan fingerprint density at radius 2 is 1.79 bits per heavy atom. The van der Waals surface area contributed by atoms with Crippen molar-refractivity contribution in [1.29, 1.82) is 0 Å². The molecule has 1 heterocycles. The molecule has 0 aliphatic rings. The quantitative estimate of drug-likeness (QED) is 0.600. The fourth-order valence-electron chi connectivity index (χ4n) is 2.74. The molecule has 0 atom stereocenters. The summed E-state index contributed by atoms with van der Waals surface area (Å²) in [4.78, 5) is 10.7. The lowest BCUT2D eigenvalue weighted by Gasteiger charge is -2.11. The summed E-state index contributed by atoms with van der Waals surface area (Å²) in [5.74, 6) is -2.80. The smallest absolute Gasteiger partial charge is 0.416 e. The second kappa shape index (κ2) is 7.53. The van der Waals surface area contributed by atoms with Crippen molar-refractivity contribution in [2.45, 2.75) is 19.6 Å². The Labute approximate surface area is 161 Å². The van der Waals surface area contributed by atoms with Gasteiger partial charge in [0.1, 0.15) is 5.69 Å². The monoisotopic (exact) mass is 411 g/mol. The molecule has 2 aromatic carbocycles. The molecule has 10 heteroatoms. The Balaban J connectivity index is 1.96. The van der Waals surface area contributed by atoms with Gasteiger partial charge in [-0.3, -0.25) is 0 Å². The van der Waals surface area contributed by atoms with Crippen LogP contribution in [0, 0.1) is 18.6 Å². The topological polar surface area (TPSA) is 67.2 Å².